The lowest BCUT2D eigenvalue weighted by molar-refractivity contribution is 0.142. The summed E-state index contributed by atoms with van der Waals surface area (Å²) < 4.78 is 0. The molecule has 0 spiro atoms. The summed E-state index contributed by atoms with van der Waals surface area (Å²) in [5.74, 6) is 0.615. The Labute approximate surface area is 113 Å². The summed E-state index contributed by atoms with van der Waals surface area (Å²) in [4.78, 5) is 3.96. The van der Waals surface area contributed by atoms with Crippen LogP contribution in [-0.4, -0.2) is 17.5 Å². The molecule has 1 aliphatic heterocycles. The number of nitrogens with zero attached hydrogens (tertiary/aromatic N) is 2. The molecule has 1 atom stereocenters. The van der Waals surface area contributed by atoms with Crippen molar-refractivity contribution in [2.45, 2.75) is 51.1 Å². The summed E-state index contributed by atoms with van der Waals surface area (Å²) in [6.07, 6.45) is 7.65. The Kier molecular flexibility index (Phi) is 3.67. The molecule has 18 heavy (non-hydrogen) atoms. The van der Waals surface area contributed by atoms with E-state index in [-0.39, 0.29) is 6.04 Å². The van der Waals surface area contributed by atoms with Crippen molar-refractivity contribution < 1.29 is 0 Å². The molecule has 1 aromatic heterocycles. The second-order valence-electron chi connectivity index (χ2n) is 5.56. The van der Waals surface area contributed by atoms with Crippen molar-refractivity contribution in [3.8, 4) is 6.07 Å². The summed E-state index contributed by atoms with van der Waals surface area (Å²) >= 11 is 1.87. The zero-order chi connectivity index (χ0) is 12.4. The van der Waals surface area contributed by atoms with Gasteiger partial charge in [0.05, 0.1) is 6.07 Å². The van der Waals surface area contributed by atoms with Gasteiger partial charge in [-0.3, -0.25) is 4.90 Å². The molecule has 2 nitrogen and oxygen atoms in total. The first-order valence-corrected chi connectivity index (χ1v) is 7.95. The molecule has 0 saturated heterocycles. The van der Waals surface area contributed by atoms with E-state index in [0.717, 1.165) is 19.5 Å². The Balaban J connectivity index is 1.71. The molecule has 96 valence electrons. The summed E-state index contributed by atoms with van der Waals surface area (Å²) in [5.41, 5.74) is 1.46. The SMILES string of the molecule is N#C[C@H](C1CCCCC1)N1CCc2sccc2C1. The third-order valence-electron chi connectivity index (χ3n) is 4.46. The van der Waals surface area contributed by atoms with Gasteiger partial charge in [0.1, 0.15) is 6.04 Å². The van der Waals surface area contributed by atoms with E-state index in [0.29, 0.717) is 5.92 Å². The first-order chi connectivity index (χ1) is 8.88. The van der Waals surface area contributed by atoms with E-state index >= 15 is 0 Å². The Morgan fingerprint density at radius 1 is 1.33 bits per heavy atom. The van der Waals surface area contributed by atoms with Crippen LogP contribution in [0.25, 0.3) is 0 Å². The molecule has 2 aliphatic rings. The van der Waals surface area contributed by atoms with E-state index in [1.165, 1.54) is 42.5 Å². The van der Waals surface area contributed by atoms with Crippen molar-refractivity contribution in [3.05, 3.63) is 21.9 Å². The lowest BCUT2D eigenvalue weighted by Crippen LogP contribution is -2.43. The number of fused-ring (bicyclic) bond motifs is 1. The standard InChI is InChI=1S/C15H20N2S/c16-10-14(12-4-2-1-3-5-12)17-8-6-15-13(11-17)7-9-18-15/h7,9,12,14H,1-6,8,11H2/t14-/m1/s1. The van der Waals surface area contributed by atoms with Gasteiger partial charge in [0.25, 0.3) is 0 Å². The van der Waals surface area contributed by atoms with E-state index in [1.807, 2.05) is 11.3 Å². The van der Waals surface area contributed by atoms with Crippen molar-refractivity contribution in [3.63, 3.8) is 0 Å². The molecule has 0 N–H and O–H groups in total. The fraction of sp³-hybridized carbons (Fsp3) is 0.667. The molecule has 1 fully saturated rings. The van der Waals surface area contributed by atoms with Gasteiger partial charge in [0, 0.05) is 18.0 Å². The number of rotatable bonds is 2. The van der Waals surface area contributed by atoms with Crippen LogP contribution in [0.2, 0.25) is 0 Å². The highest BCUT2D eigenvalue weighted by molar-refractivity contribution is 7.10. The summed E-state index contributed by atoms with van der Waals surface area (Å²) in [6.45, 7) is 2.07. The van der Waals surface area contributed by atoms with Crippen LogP contribution >= 0.6 is 11.3 Å². The predicted octanol–water partition coefficient (Wildman–Crippen LogP) is 3.58. The lowest BCUT2D eigenvalue weighted by atomic mass is 9.83. The van der Waals surface area contributed by atoms with Crippen LogP contribution < -0.4 is 0 Å². The largest absolute Gasteiger partial charge is 0.283 e. The average Bonchev–Trinajstić information content (AvgIpc) is 2.88. The van der Waals surface area contributed by atoms with Gasteiger partial charge in [-0.15, -0.1) is 11.3 Å². The van der Waals surface area contributed by atoms with Gasteiger partial charge >= 0.3 is 0 Å². The molecule has 3 heteroatoms. The zero-order valence-corrected chi connectivity index (χ0v) is 11.6. The Hall–Kier alpha value is -0.850. The maximum Gasteiger partial charge on any atom is 0.101 e. The zero-order valence-electron chi connectivity index (χ0n) is 10.8. The molecule has 0 unspecified atom stereocenters. The van der Waals surface area contributed by atoms with Crippen LogP contribution in [0.4, 0.5) is 0 Å². The lowest BCUT2D eigenvalue weighted by Gasteiger charge is -2.36. The fourth-order valence-corrected chi connectivity index (χ4v) is 4.33. The van der Waals surface area contributed by atoms with Gasteiger partial charge in [-0.1, -0.05) is 19.3 Å². The number of nitriles is 1. The summed E-state index contributed by atoms with van der Waals surface area (Å²) in [5, 5.41) is 11.7. The van der Waals surface area contributed by atoms with E-state index in [2.05, 4.69) is 22.4 Å². The Morgan fingerprint density at radius 3 is 2.94 bits per heavy atom. The minimum absolute atomic E-state index is 0.151. The predicted molar refractivity (Wildman–Crippen MR) is 74.4 cm³/mol. The van der Waals surface area contributed by atoms with E-state index in [9.17, 15) is 5.26 Å². The second-order valence-corrected chi connectivity index (χ2v) is 6.56. The molecular formula is C15H20N2S. The minimum Gasteiger partial charge on any atom is -0.283 e. The van der Waals surface area contributed by atoms with Gasteiger partial charge in [-0.25, -0.2) is 0 Å². The van der Waals surface area contributed by atoms with Gasteiger partial charge < -0.3 is 0 Å². The molecule has 3 rings (SSSR count). The van der Waals surface area contributed by atoms with Gasteiger partial charge in [0.15, 0.2) is 0 Å². The van der Waals surface area contributed by atoms with E-state index in [4.69, 9.17) is 0 Å². The highest BCUT2D eigenvalue weighted by atomic mass is 32.1. The molecule has 1 saturated carbocycles. The number of hydrogen-bond acceptors (Lipinski definition) is 3. The van der Waals surface area contributed by atoms with E-state index < -0.39 is 0 Å². The Morgan fingerprint density at radius 2 is 2.17 bits per heavy atom. The molecule has 0 bridgehead atoms. The number of hydrogen-bond donors (Lipinski definition) is 0. The minimum atomic E-state index is 0.151. The van der Waals surface area contributed by atoms with Crippen LogP contribution in [0.1, 0.15) is 42.5 Å². The molecule has 0 aromatic carbocycles. The quantitative estimate of drug-likeness (QED) is 0.812. The summed E-state index contributed by atoms with van der Waals surface area (Å²) in [6, 6.07) is 4.98. The Bertz CT molecular complexity index is 440. The van der Waals surface area contributed by atoms with Crippen LogP contribution in [0, 0.1) is 17.2 Å². The third-order valence-corrected chi connectivity index (χ3v) is 5.48. The van der Waals surface area contributed by atoms with Crippen LogP contribution in [0.3, 0.4) is 0 Å². The molecule has 0 radical (unpaired) electrons. The van der Waals surface area contributed by atoms with Gasteiger partial charge in [0.2, 0.25) is 0 Å². The maximum atomic E-state index is 9.54. The number of thiophene rings is 1. The van der Waals surface area contributed by atoms with Gasteiger partial charge in [-0.05, 0) is 42.2 Å². The van der Waals surface area contributed by atoms with Crippen molar-refractivity contribution in [2.75, 3.05) is 6.54 Å². The van der Waals surface area contributed by atoms with Crippen LogP contribution in [0.5, 0.6) is 0 Å². The molecule has 0 amide bonds. The van der Waals surface area contributed by atoms with Crippen LogP contribution in [-0.2, 0) is 13.0 Å². The first-order valence-electron chi connectivity index (χ1n) is 7.07. The first kappa shape index (κ1) is 12.2. The molecule has 1 aromatic rings. The highest BCUT2D eigenvalue weighted by Gasteiger charge is 2.31. The van der Waals surface area contributed by atoms with Crippen molar-refractivity contribution in [1.82, 2.24) is 4.90 Å². The molecule has 1 aliphatic carbocycles. The maximum absolute atomic E-state index is 9.54. The van der Waals surface area contributed by atoms with Crippen molar-refractivity contribution in [1.29, 1.82) is 5.26 Å². The second kappa shape index (κ2) is 5.42. The average molecular weight is 260 g/mol. The normalized spacial score (nSPS) is 23.3. The molecule has 2 heterocycles. The third kappa shape index (κ3) is 2.32. The molecular weight excluding hydrogens is 240 g/mol. The van der Waals surface area contributed by atoms with E-state index in [1.54, 1.807) is 0 Å². The highest BCUT2D eigenvalue weighted by Crippen LogP contribution is 2.32. The van der Waals surface area contributed by atoms with Gasteiger partial charge in [-0.2, -0.15) is 5.26 Å². The smallest absolute Gasteiger partial charge is 0.101 e. The fourth-order valence-electron chi connectivity index (χ4n) is 3.44. The van der Waals surface area contributed by atoms with Crippen molar-refractivity contribution >= 4 is 11.3 Å². The van der Waals surface area contributed by atoms with Crippen molar-refractivity contribution in [2.24, 2.45) is 5.92 Å². The van der Waals surface area contributed by atoms with Crippen LogP contribution in [0.15, 0.2) is 11.4 Å². The monoisotopic (exact) mass is 260 g/mol. The summed E-state index contributed by atoms with van der Waals surface area (Å²) in [7, 11) is 0. The topological polar surface area (TPSA) is 27.0 Å².